The summed E-state index contributed by atoms with van der Waals surface area (Å²) in [5.41, 5.74) is 4.50. The lowest BCUT2D eigenvalue weighted by Crippen LogP contribution is -1.99. The van der Waals surface area contributed by atoms with Gasteiger partial charge in [0, 0.05) is 26.7 Å². The SMILES string of the molecule is Brc1ccc(-n2c(-c3ccsc3)cnc2-c2ccccc2)cc1. The minimum absolute atomic E-state index is 0.953. The molecule has 4 aromatic rings. The van der Waals surface area contributed by atoms with Crippen LogP contribution in [0, 0.1) is 0 Å². The fraction of sp³-hybridized carbons (Fsp3) is 0. The zero-order valence-electron chi connectivity index (χ0n) is 12.2. The highest BCUT2D eigenvalue weighted by atomic mass is 79.9. The number of imidazole rings is 1. The Kier molecular flexibility index (Phi) is 3.85. The third-order valence-electron chi connectivity index (χ3n) is 3.70. The van der Waals surface area contributed by atoms with E-state index in [4.69, 9.17) is 4.98 Å². The average Bonchev–Trinajstić information content (AvgIpc) is 3.25. The molecule has 0 bridgehead atoms. The molecular formula is C19H13BrN2S. The largest absolute Gasteiger partial charge is 0.292 e. The molecule has 2 nitrogen and oxygen atoms in total. The maximum absolute atomic E-state index is 4.70. The van der Waals surface area contributed by atoms with Crippen LogP contribution in [0.5, 0.6) is 0 Å². The first-order chi connectivity index (χ1) is 11.3. The van der Waals surface area contributed by atoms with E-state index in [0.29, 0.717) is 0 Å². The highest BCUT2D eigenvalue weighted by Crippen LogP contribution is 2.31. The van der Waals surface area contributed by atoms with Crippen molar-refractivity contribution in [2.75, 3.05) is 0 Å². The van der Waals surface area contributed by atoms with Gasteiger partial charge in [0.2, 0.25) is 0 Å². The van der Waals surface area contributed by atoms with Crippen molar-refractivity contribution in [3.63, 3.8) is 0 Å². The maximum Gasteiger partial charge on any atom is 0.144 e. The van der Waals surface area contributed by atoms with Gasteiger partial charge in [-0.1, -0.05) is 46.3 Å². The fourth-order valence-corrected chi connectivity index (χ4v) is 3.52. The molecule has 23 heavy (non-hydrogen) atoms. The molecule has 2 heterocycles. The molecule has 0 atom stereocenters. The van der Waals surface area contributed by atoms with Gasteiger partial charge in [-0.3, -0.25) is 4.57 Å². The van der Waals surface area contributed by atoms with Crippen LogP contribution in [0.2, 0.25) is 0 Å². The van der Waals surface area contributed by atoms with Crippen LogP contribution in [-0.4, -0.2) is 9.55 Å². The molecule has 112 valence electrons. The number of hydrogen-bond donors (Lipinski definition) is 0. The van der Waals surface area contributed by atoms with Crippen molar-refractivity contribution in [1.29, 1.82) is 0 Å². The lowest BCUT2D eigenvalue weighted by Gasteiger charge is -2.12. The van der Waals surface area contributed by atoms with Crippen LogP contribution < -0.4 is 0 Å². The molecular weight excluding hydrogens is 368 g/mol. The Morgan fingerprint density at radius 3 is 2.35 bits per heavy atom. The smallest absolute Gasteiger partial charge is 0.144 e. The topological polar surface area (TPSA) is 17.8 Å². The van der Waals surface area contributed by atoms with Gasteiger partial charge in [-0.2, -0.15) is 11.3 Å². The number of benzene rings is 2. The van der Waals surface area contributed by atoms with Crippen molar-refractivity contribution in [1.82, 2.24) is 9.55 Å². The molecule has 0 aliphatic carbocycles. The normalized spacial score (nSPS) is 10.8. The third kappa shape index (κ3) is 2.76. The summed E-state index contributed by atoms with van der Waals surface area (Å²) < 4.78 is 3.28. The number of hydrogen-bond acceptors (Lipinski definition) is 2. The summed E-state index contributed by atoms with van der Waals surface area (Å²) in [5.74, 6) is 0.953. The van der Waals surface area contributed by atoms with E-state index in [0.717, 1.165) is 27.2 Å². The van der Waals surface area contributed by atoms with Gasteiger partial charge in [0.25, 0.3) is 0 Å². The molecule has 0 fully saturated rings. The minimum Gasteiger partial charge on any atom is -0.292 e. The Balaban J connectivity index is 1.96. The summed E-state index contributed by atoms with van der Waals surface area (Å²) in [6, 6.07) is 20.7. The van der Waals surface area contributed by atoms with Crippen LogP contribution in [0.15, 0.2) is 82.1 Å². The molecule has 0 amide bonds. The second-order valence-electron chi connectivity index (χ2n) is 5.16. The summed E-state index contributed by atoms with van der Waals surface area (Å²) in [5, 5.41) is 4.25. The van der Waals surface area contributed by atoms with Gasteiger partial charge < -0.3 is 0 Å². The summed E-state index contributed by atoms with van der Waals surface area (Å²) in [4.78, 5) is 4.70. The van der Waals surface area contributed by atoms with Gasteiger partial charge in [0.1, 0.15) is 5.82 Å². The van der Waals surface area contributed by atoms with Crippen LogP contribution in [0.3, 0.4) is 0 Å². The molecule has 0 radical (unpaired) electrons. The first kappa shape index (κ1) is 14.4. The zero-order chi connectivity index (χ0) is 15.6. The fourth-order valence-electron chi connectivity index (χ4n) is 2.61. The number of nitrogens with zero attached hydrogens (tertiary/aromatic N) is 2. The second-order valence-corrected chi connectivity index (χ2v) is 6.85. The minimum atomic E-state index is 0.953. The van der Waals surface area contributed by atoms with Crippen molar-refractivity contribution in [2.24, 2.45) is 0 Å². The highest BCUT2D eigenvalue weighted by Gasteiger charge is 2.15. The van der Waals surface area contributed by atoms with Crippen LogP contribution in [0.25, 0.3) is 28.3 Å². The lowest BCUT2D eigenvalue weighted by atomic mass is 10.2. The Morgan fingerprint density at radius 1 is 0.870 bits per heavy atom. The van der Waals surface area contributed by atoms with Gasteiger partial charge in [0.15, 0.2) is 0 Å². The summed E-state index contributed by atoms with van der Waals surface area (Å²) in [6.45, 7) is 0. The Labute approximate surface area is 147 Å². The van der Waals surface area contributed by atoms with Crippen molar-refractivity contribution >= 4 is 27.3 Å². The van der Waals surface area contributed by atoms with E-state index in [2.05, 4.69) is 73.7 Å². The van der Waals surface area contributed by atoms with E-state index in [-0.39, 0.29) is 0 Å². The Hall–Kier alpha value is -2.17. The number of halogens is 1. The average molecular weight is 381 g/mol. The predicted molar refractivity (Wildman–Crippen MR) is 100 cm³/mol. The van der Waals surface area contributed by atoms with E-state index in [1.165, 1.54) is 5.56 Å². The number of aromatic nitrogens is 2. The molecule has 2 aromatic heterocycles. The molecule has 4 heteroatoms. The van der Waals surface area contributed by atoms with Crippen LogP contribution in [-0.2, 0) is 0 Å². The molecule has 2 aromatic carbocycles. The first-order valence-electron chi connectivity index (χ1n) is 7.24. The van der Waals surface area contributed by atoms with Crippen LogP contribution in [0.1, 0.15) is 0 Å². The molecule has 0 aliphatic rings. The predicted octanol–water partition coefficient (Wildman–Crippen LogP) is 6.03. The second kappa shape index (κ2) is 6.14. The van der Waals surface area contributed by atoms with Gasteiger partial charge in [-0.15, -0.1) is 0 Å². The third-order valence-corrected chi connectivity index (χ3v) is 4.91. The molecule has 0 spiro atoms. The lowest BCUT2D eigenvalue weighted by molar-refractivity contribution is 1.07. The molecule has 0 saturated carbocycles. The molecule has 0 unspecified atom stereocenters. The van der Waals surface area contributed by atoms with Crippen molar-refractivity contribution < 1.29 is 0 Å². The summed E-state index contributed by atoms with van der Waals surface area (Å²) in [7, 11) is 0. The Bertz CT molecular complexity index is 910. The number of rotatable bonds is 3. The summed E-state index contributed by atoms with van der Waals surface area (Å²) >= 11 is 5.20. The standard InChI is InChI=1S/C19H13BrN2S/c20-16-6-8-17(9-7-16)22-18(15-10-11-23-13-15)12-21-19(22)14-4-2-1-3-5-14/h1-13H. The molecule has 0 N–H and O–H groups in total. The Morgan fingerprint density at radius 2 is 1.65 bits per heavy atom. The first-order valence-corrected chi connectivity index (χ1v) is 8.98. The van der Waals surface area contributed by atoms with Crippen molar-refractivity contribution in [3.8, 4) is 28.3 Å². The van der Waals surface area contributed by atoms with Gasteiger partial charge in [-0.25, -0.2) is 4.98 Å². The van der Waals surface area contributed by atoms with E-state index < -0.39 is 0 Å². The van der Waals surface area contributed by atoms with Crippen LogP contribution in [0.4, 0.5) is 0 Å². The van der Waals surface area contributed by atoms with Crippen LogP contribution >= 0.6 is 27.3 Å². The molecule has 0 aliphatic heterocycles. The number of thiophene rings is 1. The maximum atomic E-state index is 4.70. The quantitative estimate of drug-likeness (QED) is 0.424. The van der Waals surface area contributed by atoms with Gasteiger partial charge in [-0.05, 0) is 35.7 Å². The van der Waals surface area contributed by atoms with Crippen molar-refractivity contribution in [2.45, 2.75) is 0 Å². The van der Waals surface area contributed by atoms with E-state index in [1.807, 2.05) is 24.4 Å². The zero-order valence-corrected chi connectivity index (χ0v) is 14.6. The molecule has 0 saturated heterocycles. The van der Waals surface area contributed by atoms with Gasteiger partial charge in [0.05, 0.1) is 11.9 Å². The monoisotopic (exact) mass is 380 g/mol. The highest BCUT2D eigenvalue weighted by molar-refractivity contribution is 9.10. The van der Waals surface area contributed by atoms with E-state index in [1.54, 1.807) is 11.3 Å². The van der Waals surface area contributed by atoms with Gasteiger partial charge >= 0.3 is 0 Å². The van der Waals surface area contributed by atoms with E-state index in [9.17, 15) is 0 Å². The summed E-state index contributed by atoms with van der Waals surface area (Å²) in [6.07, 6.45) is 1.95. The molecule has 4 rings (SSSR count). The van der Waals surface area contributed by atoms with E-state index >= 15 is 0 Å². The van der Waals surface area contributed by atoms with Crippen molar-refractivity contribution in [3.05, 3.63) is 82.1 Å².